The van der Waals surface area contributed by atoms with Crippen LogP contribution >= 0.6 is 12.4 Å². The summed E-state index contributed by atoms with van der Waals surface area (Å²) in [6.07, 6.45) is 5.93. The molecule has 1 saturated heterocycles. The Bertz CT molecular complexity index is 270. The van der Waals surface area contributed by atoms with Crippen molar-refractivity contribution in [1.29, 1.82) is 0 Å². The van der Waals surface area contributed by atoms with Crippen molar-refractivity contribution in [1.82, 2.24) is 15.3 Å². The van der Waals surface area contributed by atoms with E-state index in [2.05, 4.69) is 22.2 Å². The van der Waals surface area contributed by atoms with E-state index in [4.69, 9.17) is 0 Å². The SMILES string of the molecule is CC1(c2ncccn2)CCNCC1.Cl. The van der Waals surface area contributed by atoms with Crippen LogP contribution in [-0.4, -0.2) is 23.1 Å². The molecule has 1 aromatic heterocycles. The highest BCUT2D eigenvalue weighted by Crippen LogP contribution is 2.29. The van der Waals surface area contributed by atoms with Crippen LogP contribution in [0.2, 0.25) is 0 Å². The minimum Gasteiger partial charge on any atom is -0.317 e. The van der Waals surface area contributed by atoms with Crippen molar-refractivity contribution in [3.05, 3.63) is 24.3 Å². The van der Waals surface area contributed by atoms with E-state index >= 15 is 0 Å². The van der Waals surface area contributed by atoms with E-state index < -0.39 is 0 Å². The second-order valence-electron chi connectivity index (χ2n) is 3.88. The van der Waals surface area contributed by atoms with Crippen LogP contribution in [0.25, 0.3) is 0 Å². The summed E-state index contributed by atoms with van der Waals surface area (Å²) in [4.78, 5) is 8.67. The highest BCUT2D eigenvalue weighted by molar-refractivity contribution is 5.85. The van der Waals surface area contributed by atoms with Crippen LogP contribution in [0, 0.1) is 0 Å². The predicted molar refractivity (Wildman–Crippen MR) is 58.7 cm³/mol. The molecule has 0 aliphatic carbocycles. The van der Waals surface area contributed by atoms with Gasteiger partial charge >= 0.3 is 0 Å². The van der Waals surface area contributed by atoms with Crippen LogP contribution in [-0.2, 0) is 5.41 Å². The normalized spacial score (nSPS) is 19.8. The van der Waals surface area contributed by atoms with Gasteiger partial charge in [0.25, 0.3) is 0 Å². The number of aromatic nitrogens is 2. The first-order valence-corrected chi connectivity index (χ1v) is 4.79. The molecule has 78 valence electrons. The van der Waals surface area contributed by atoms with Crippen LogP contribution in [0.3, 0.4) is 0 Å². The van der Waals surface area contributed by atoms with Crippen molar-refractivity contribution in [3.63, 3.8) is 0 Å². The molecule has 4 heteroatoms. The second-order valence-corrected chi connectivity index (χ2v) is 3.88. The van der Waals surface area contributed by atoms with E-state index in [1.165, 1.54) is 0 Å². The summed E-state index contributed by atoms with van der Waals surface area (Å²) in [5.41, 5.74) is 0.187. The summed E-state index contributed by atoms with van der Waals surface area (Å²) in [7, 11) is 0. The Balaban J connectivity index is 0.000000980. The molecule has 1 aliphatic heterocycles. The summed E-state index contributed by atoms with van der Waals surface area (Å²) in [6.45, 7) is 4.41. The van der Waals surface area contributed by atoms with Crippen molar-refractivity contribution in [2.24, 2.45) is 0 Å². The van der Waals surface area contributed by atoms with Gasteiger partial charge in [-0.15, -0.1) is 12.4 Å². The molecule has 0 radical (unpaired) electrons. The van der Waals surface area contributed by atoms with Crippen LogP contribution in [0.5, 0.6) is 0 Å². The Labute approximate surface area is 90.8 Å². The van der Waals surface area contributed by atoms with Gasteiger partial charge in [0.05, 0.1) is 0 Å². The van der Waals surface area contributed by atoms with Gasteiger partial charge in [-0.1, -0.05) is 6.92 Å². The number of nitrogens with one attached hydrogen (secondary N) is 1. The van der Waals surface area contributed by atoms with E-state index in [1.807, 2.05) is 18.5 Å². The van der Waals surface area contributed by atoms with Gasteiger partial charge in [-0.3, -0.25) is 0 Å². The maximum absolute atomic E-state index is 4.34. The number of halogens is 1. The van der Waals surface area contributed by atoms with Gasteiger partial charge in [0.1, 0.15) is 5.82 Å². The topological polar surface area (TPSA) is 37.8 Å². The lowest BCUT2D eigenvalue weighted by molar-refractivity contribution is 0.319. The predicted octanol–water partition coefficient (Wildman–Crippen LogP) is 1.54. The summed E-state index contributed by atoms with van der Waals surface area (Å²) < 4.78 is 0. The van der Waals surface area contributed by atoms with Gasteiger partial charge in [0.2, 0.25) is 0 Å². The Morgan fingerprint density at radius 1 is 1.21 bits per heavy atom. The van der Waals surface area contributed by atoms with Crippen molar-refractivity contribution >= 4 is 12.4 Å². The fraction of sp³-hybridized carbons (Fsp3) is 0.600. The van der Waals surface area contributed by atoms with E-state index in [1.54, 1.807) is 0 Å². The minimum atomic E-state index is 0. The van der Waals surface area contributed by atoms with E-state index in [9.17, 15) is 0 Å². The lowest BCUT2D eigenvalue weighted by atomic mass is 9.80. The molecule has 0 amide bonds. The average Bonchev–Trinajstić information content (AvgIpc) is 2.20. The molecule has 0 atom stereocenters. The summed E-state index contributed by atoms with van der Waals surface area (Å²) in [5.74, 6) is 0.997. The first-order valence-electron chi connectivity index (χ1n) is 4.79. The Hall–Kier alpha value is -0.670. The molecule has 0 spiro atoms. The molecule has 0 unspecified atom stereocenters. The van der Waals surface area contributed by atoms with Crippen LogP contribution < -0.4 is 5.32 Å². The standard InChI is InChI=1S/C10H15N3.ClH/c1-10(3-7-11-8-4-10)9-12-5-2-6-13-9;/h2,5-6,11H,3-4,7-8H2,1H3;1H. The first-order chi connectivity index (χ1) is 6.31. The number of piperidine rings is 1. The van der Waals surface area contributed by atoms with Gasteiger partial charge < -0.3 is 5.32 Å². The zero-order chi connectivity index (χ0) is 9.15. The molecule has 0 saturated carbocycles. The van der Waals surface area contributed by atoms with Gasteiger partial charge in [0.15, 0.2) is 0 Å². The molecular weight excluding hydrogens is 198 g/mol. The number of hydrogen-bond acceptors (Lipinski definition) is 3. The third kappa shape index (κ3) is 2.22. The van der Waals surface area contributed by atoms with Crippen molar-refractivity contribution < 1.29 is 0 Å². The number of rotatable bonds is 1. The fourth-order valence-corrected chi connectivity index (χ4v) is 1.81. The molecule has 14 heavy (non-hydrogen) atoms. The fourth-order valence-electron chi connectivity index (χ4n) is 1.81. The van der Waals surface area contributed by atoms with Crippen LogP contribution in [0.1, 0.15) is 25.6 Å². The van der Waals surface area contributed by atoms with Gasteiger partial charge in [-0.05, 0) is 32.0 Å². The van der Waals surface area contributed by atoms with Gasteiger partial charge in [0, 0.05) is 17.8 Å². The molecule has 1 fully saturated rings. The molecule has 2 rings (SSSR count). The number of nitrogens with zero attached hydrogens (tertiary/aromatic N) is 2. The highest BCUT2D eigenvalue weighted by Gasteiger charge is 2.30. The lowest BCUT2D eigenvalue weighted by Gasteiger charge is -2.32. The Kier molecular flexibility index (Phi) is 3.84. The van der Waals surface area contributed by atoms with Gasteiger partial charge in [-0.2, -0.15) is 0 Å². The molecule has 0 bridgehead atoms. The summed E-state index contributed by atoms with van der Waals surface area (Å²) in [5, 5.41) is 3.35. The molecule has 3 nitrogen and oxygen atoms in total. The van der Waals surface area contributed by atoms with Crippen molar-refractivity contribution in [2.45, 2.75) is 25.2 Å². The number of hydrogen-bond donors (Lipinski definition) is 1. The Morgan fingerprint density at radius 2 is 1.79 bits per heavy atom. The van der Waals surface area contributed by atoms with Crippen molar-refractivity contribution in [2.75, 3.05) is 13.1 Å². The molecular formula is C10H16ClN3. The van der Waals surface area contributed by atoms with Crippen LogP contribution in [0.4, 0.5) is 0 Å². The smallest absolute Gasteiger partial charge is 0.134 e. The van der Waals surface area contributed by atoms with Gasteiger partial charge in [-0.25, -0.2) is 9.97 Å². The molecule has 1 aliphatic rings. The largest absolute Gasteiger partial charge is 0.317 e. The van der Waals surface area contributed by atoms with E-state index in [0.717, 1.165) is 31.8 Å². The Morgan fingerprint density at radius 3 is 2.36 bits per heavy atom. The molecule has 2 heterocycles. The maximum Gasteiger partial charge on any atom is 0.134 e. The molecule has 0 aromatic carbocycles. The second kappa shape index (κ2) is 4.71. The summed E-state index contributed by atoms with van der Waals surface area (Å²) in [6, 6.07) is 1.87. The summed E-state index contributed by atoms with van der Waals surface area (Å²) >= 11 is 0. The lowest BCUT2D eigenvalue weighted by Crippen LogP contribution is -2.38. The third-order valence-corrected chi connectivity index (χ3v) is 2.81. The van der Waals surface area contributed by atoms with Crippen molar-refractivity contribution in [3.8, 4) is 0 Å². The monoisotopic (exact) mass is 213 g/mol. The zero-order valence-electron chi connectivity index (χ0n) is 8.36. The minimum absolute atomic E-state index is 0. The van der Waals surface area contributed by atoms with E-state index in [-0.39, 0.29) is 17.8 Å². The molecule has 1 aromatic rings. The third-order valence-electron chi connectivity index (χ3n) is 2.81. The molecule has 1 N–H and O–H groups in total. The zero-order valence-corrected chi connectivity index (χ0v) is 9.18. The highest BCUT2D eigenvalue weighted by atomic mass is 35.5. The first kappa shape index (κ1) is 11.4. The van der Waals surface area contributed by atoms with E-state index in [0.29, 0.717) is 0 Å². The van der Waals surface area contributed by atoms with Crippen LogP contribution in [0.15, 0.2) is 18.5 Å². The quantitative estimate of drug-likeness (QED) is 0.769. The maximum atomic E-state index is 4.34. The average molecular weight is 214 g/mol.